The van der Waals surface area contributed by atoms with Gasteiger partial charge in [0.15, 0.2) is 0 Å². The van der Waals surface area contributed by atoms with Crippen molar-refractivity contribution in [2.24, 2.45) is 0 Å². The Morgan fingerprint density at radius 1 is 1.29 bits per heavy atom. The average molecular weight is 292 g/mol. The highest BCUT2D eigenvalue weighted by Gasteiger charge is 2.37. The number of halogens is 1. The third-order valence-corrected chi connectivity index (χ3v) is 3.36. The van der Waals surface area contributed by atoms with Gasteiger partial charge in [0.05, 0.1) is 11.1 Å². The van der Waals surface area contributed by atoms with Crippen molar-refractivity contribution in [3.63, 3.8) is 0 Å². The summed E-state index contributed by atoms with van der Waals surface area (Å²) in [6.07, 6.45) is 2.14. The maximum Gasteiger partial charge on any atom is 0.264 e. The molecule has 1 aromatic carbocycles. The second-order valence-electron chi connectivity index (χ2n) is 4.88. The predicted octanol–water partition coefficient (Wildman–Crippen LogP) is 1.73. The fraction of sp³-hybridized carbons (Fsp3) is 0.400. The lowest BCUT2D eigenvalue weighted by Gasteiger charge is -2.14. The smallest absolute Gasteiger partial charge is 0.264 e. The summed E-state index contributed by atoms with van der Waals surface area (Å²) in [4.78, 5) is 36.5. The number of imide groups is 1. The van der Waals surface area contributed by atoms with E-state index in [2.05, 4.69) is 5.32 Å². The summed E-state index contributed by atoms with van der Waals surface area (Å²) < 4.78 is 13.6. The molecule has 112 valence electrons. The lowest BCUT2D eigenvalue weighted by atomic mass is 10.1. The van der Waals surface area contributed by atoms with Gasteiger partial charge in [-0.2, -0.15) is 0 Å². The maximum absolute atomic E-state index is 13.6. The van der Waals surface area contributed by atoms with Gasteiger partial charge in [0.1, 0.15) is 5.82 Å². The topological polar surface area (TPSA) is 66.5 Å². The standard InChI is InChI=1S/C15H17FN2O3/c1-2-3-7-12(19)17-8-9-18-14(20)10-5-4-6-11(16)13(10)15(18)21/h4-6H,2-3,7-9H2,1H3,(H,17,19). The molecule has 0 spiro atoms. The van der Waals surface area contributed by atoms with Crippen molar-refractivity contribution in [2.45, 2.75) is 26.2 Å². The number of nitrogens with one attached hydrogen (secondary N) is 1. The van der Waals surface area contributed by atoms with Crippen LogP contribution in [-0.4, -0.2) is 35.7 Å². The molecule has 0 radical (unpaired) electrons. The van der Waals surface area contributed by atoms with Crippen molar-refractivity contribution < 1.29 is 18.8 Å². The molecule has 1 heterocycles. The van der Waals surface area contributed by atoms with Gasteiger partial charge >= 0.3 is 0 Å². The van der Waals surface area contributed by atoms with E-state index in [1.165, 1.54) is 12.1 Å². The van der Waals surface area contributed by atoms with Crippen LogP contribution < -0.4 is 5.32 Å². The summed E-state index contributed by atoms with van der Waals surface area (Å²) in [7, 11) is 0. The maximum atomic E-state index is 13.6. The molecule has 6 heteroatoms. The van der Waals surface area contributed by atoms with E-state index in [0.717, 1.165) is 23.8 Å². The third kappa shape index (κ3) is 3.09. The molecule has 0 saturated carbocycles. The number of carbonyl (C=O) groups is 3. The number of hydrogen-bond donors (Lipinski definition) is 1. The number of benzene rings is 1. The van der Waals surface area contributed by atoms with Crippen molar-refractivity contribution in [1.29, 1.82) is 0 Å². The minimum absolute atomic E-state index is 0.0453. The first-order valence-electron chi connectivity index (χ1n) is 6.97. The molecule has 1 aromatic rings. The molecular formula is C15H17FN2O3. The fourth-order valence-corrected chi connectivity index (χ4v) is 2.23. The lowest BCUT2D eigenvalue weighted by Crippen LogP contribution is -2.38. The molecule has 0 saturated heterocycles. The van der Waals surface area contributed by atoms with E-state index in [4.69, 9.17) is 0 Å². The Hall–Kier alpha value is -2.24. The highest BCUT2D eigenvalue weighted by Crippen LogP contribution is 2.24. The van der Waals surface area contributed by atoms with Crippen LogP contribution in [0.5, 0.6) is 0 Å². The van der Waals surface area contributed by atoms with Crippen LogP contribution in [0.4, 0.5) is 4.39 Å². The molecule has 0 aromatic heterocycles. The van der Waals surface area contributed by atoms with Crippen LogP contribution in [-0.2, 0) is 4.79 Å². The molecule has 1 aliphatic rings. The third-order valence-electron chi connectivity index (χ3n) is 3.36. The van der Waals surface area contributed by atoms with Crippen LogP contribution in [0.3, 0.4) is 0 Å². The Balaban J connectivity index is 1.95. The number of rotatable bonds is 6. The normalized spacial score (nSPS) is 13.5. The van der Waals surface area contributed by atoms with Crippen LogP contribution >= 0.6 is 0 Å². The quantitative estimate of drug-likeness (QED) is 0.812. The number of amides is 3. The first kappa shape index (κ1) is 15.2. The van der Waals surface area contributed by atoms with Crippen molar-refractivity contribution in [1.82, 2.24) is 10.2 Å². The zero-order valence-electron chi connectivity index (χ0n) is 11.8. The highest BCUT2D eigenvalue weighted by molar-refractivity contribution is 6.21. The van der Waals surface area contributed by atoms with E-state index in [1.54, 1.807) is 0 Å². The molecule has 2 rings (SSSR count). The first-order chi connectivity index (χ1) is 10.1. The Kier molecular flexibility index (Phi) is 4.67. The van der Waals surface area contributed by atoms with E-state index in [0.29, 0.717) is 6.42 Å². The van der Waals surface area contributed by atoms with Crippen LogP contribution in [0, 0.1) is 5.82 Å². The monoisotopic (exact) mass is 292 g/mol. The number of carbonyl (C=O) groups excluding carboxylic acids is 3. The van der Waals surface area contributed by atoms with Gasteiger partial charge in [0.25, 0.3) is 11.8 Å². The van der Waals surface area contributed by atoms with Gasteiger partial charge in [0, 0.05) is 19.5 Å². The van der Waals surface area contributed by atoms with Gasteiger partial charge in [0.2, 0.25) is 5.91 Å². The van der Waals surface area contributed by atoms with Crippen molar-refractivity contribution in [3.05, 3.63) is 35.1 Å². The van der Waals surface area contributed by atoms with E-state index in [1.807, 2.05) is 6.92 Å². The summed E-state index contributed by atoms with van der Waals surface area (Å²) in [6, 6.07) is 3.98. The van der Waals surface area contributed by atoms with Gasteiger partial charge in [-0.1, -0.05) is 19.4 Å². The number of unbranched alkanes of at least 4 members (excludes halogenated alkanes) is 1. The van der Waals surface area contributed by atoms with Gasteiger partial charge < -0.3 is 5.32 Å². The highest BCUT2D eigenvalue weighted by atomic mass is 19.1. The molecule has 5 nitrogen and oxygen atoms in total. The van der Waals surface area contributed by atoms with Gasteiger partial charge in [-0.05, 0) is 18.6 Å². The minimum atomic E-state index is -0.694. The molecule has 0 aliphatic carbocycles. The Morgan fingerprint density at radius 3 is 2.71 bits per heavy atom. The Labute approximate surface area is 122 Å². The van der Waals surface area contributed by atoms with Crippen molar-refractivity contribution in [2.75, 3.05) is 13.1 Å². The summed E-state index contributed by atoms with van der Waals surface area (Å²) in [5.74, 6) is -1.96. The molecule has 3 amide bonds. The van der Waals surface area contributed by atoms with Crippen molar-refractivity contribution >= 4 is 17.7 Å². The van der Waals surface area contributed by atoms with E-state index >= 15 is 0 Å². The molecule has 21 heavy (non-hydrogen) atoms. The van der Waals surface area contributed by atoms with Crippen LogP contribution in [0.2, 0.25) is 0 Å². The van der Waals surface area contributed by atoms with E-state index in [9.17, 15) is 18.8 Å². The number of nitrogens with zero attached hydrogens (tertiary/aromatic N) is 1. The first-order valence-corrected chi connectivity index (χ1v) is 6.97. The molecular weight excluding hydrogens is 275 g/mol. The van der Waals surface area contributed by atoms with Gasteiger partial charge in [-0.3, -0.25) is 19.3 Å². The van der Waals surface area contributed by atoms with Crippen molar-refractivity contribution in [3.8, 4) is 0 Å². The fourth-order valence-electron chi connectivity index (χ4n) is 2.23. The molecule has 1 aliphatic heterocycles. The summed E-state index contributed by atoms with van der Waals surface area (Å²) in [5, 5.41) is 2.65. The van der Waals surface area contributed by atoms with Gasteiger partial charge in [-0.25, -0.2) is 4.39 Å². The number of hydrogen-bond acceptors (Lipinski definition) is 3. The average Bonchev–Trinajstić information content (AvgIpc) is 2.71. The molecule has 0 bridgehead atoms. The van der Waals surface area contributed by atoms with E-state index < -0.39 is 17.6 Å². The molecule has 0 fully saturated rings. The Morgan fingerprint density at radius 2 is 2.05 bits per heavy atom. The zero-order valence-corrected chi connectivity index (χ0v) is 11.8. The lowest BCUT2D eigenvalue weighted by molar-refractivity contribution is -0.121. The summed E-state index contributed by atoms with van der Waals surface area (Å²) in [5.41, 5.74) is -0.0999. The second-order valence-corrected chi connectivity index (χ2v) is 4.88. The minimum Gasteiger partial charge on any atom is -0.354 e. The predicted molar refractivity (Wildman–Crippen MR) is 74.3 cm³/mol. The van der Waals surface area contributed by atoms with Crippen LogP contribution in [0.25, 0.3) is 0 Å². The summed E-state index contributed by atoms with van der Waals surface area (Å²) in [6.45, 7) is 2.21. The molecule has 0 unspecified atom stereocenters. The zero-order chi connectivity index (χ0) is 15.4. The number of fused-ring (bicyclic) bond motifs is 1. The second kappa shape index (κ2) is 6.47. The van der Waals surface area contributed by atoms with Gasteiger partial charge in [-0.15, -0.1) is 0 Å². The molecule has 0 atom stereocenters. The van der Waals surface area contributed by atoms with Crippen LogP contribution in [0.1, 0.15) is 46.9 Å². The Bertz CT molecular complexity index is 586. The summed E-state index contributed by atoms with van der Waals surface area (Å²) >= 11 is 0. The van der Waals surface area contributed by atoms with E-state index in [-0.39, 0.29) is 30.1 Å². The largest absolute Gasteiger partial charge is 0.354 e. The SMILES string of the molecule is CCCCC(=O)NCCN1C(=O)c2cccc(F)c2C1=O. The van der Waals surface area contributed by atoms with Crippen LogP contribution in [0.15, 0.2) is 18.2 Å². The molecule has 1 N–H and O–H groups in total.